The van der Waals surface area contributed by atoms with Gasteiger partial charge in [-0.25, -0.2) is 0 Å². The summed E-state index contributed by atoms with van der Waals surface area (Å²) in [5.41, 5.74) is 5.46. The summed E-state index contributed by atoms with van der Waals surface area (Å²) < 4.78 is 0.738. The first-order valence-electron chi connectivity index (χ1n) is 9.23. The lowest BCUT2D eigenvalue weighted by Crippen LogP contribution is -2.05. The van der Waals surface area contributed by atoms with Crippen LogP contribution in [0.1, 0.15) is 32.9 Å². The summed E-state index contributed by atoms with van der Waals surface area (Å²) in [7, 11) is 0. The van der Waals surface area contributed by atoms with Crippen LogP contribution >= 0.6 is 15.9 Å². The summed E-state index contributed by atoms with van der Waals surface area (Å²) in [5.74, 6) is -0.257. The number of rotatable bonds is 5. The number of benzene rings is 2. The van der Waals surface area contributed by atoms with Crippen molar-refractivity contribution in [2.45, 2.75) is 13.3 Å². The normalized spacial score (nSPS) is 10.8. The van der Waals surface area contributed by atoms with Gasteiger partial charge >= 0.3 is 0 Å². The maximum absolute atomic E-state index is 13.5. The van der Waals surface area contributed by atoms with Crippen LogP contribution in [0.15, 0.2) is 77.5 Å². The SMILES string of the molecule is Cc1[nH]c(Cc2ccccc2)c(-c2ccncc2)c1C(=O)c1cc(Br)ccc1O. The molecule has 0 radical (unpaired) electrons. The van der Waals surface area contributed by atoms with Gasteiger partial charge in [0.05, 0.1) is 11.1 Å². The monoisotopic (exact) mass is 446 g/mol. The lowest BCUT2D eigenvalue weighted by Gasteiger charge is -2.10. The van der Waals surface area contributed by atoms with Gasteiger partial charge in [0, 0.05) is 40.2 Å². The number of ketones is 1. The van der Waals surface area contributed by atoms with Crippen molar-refractivity contribution in [3.8, 4) is 16.9 Å². The van der Waals surface area contributed by atoms with Gasteiger partial charge in [-0.15, -0.1) is 0 Å². The molecule has 0 aliphatic rings. The molecule has 0 bridgehead atoms. The Kier molecular flexibility index (Phi) is 5.32. The van der Waals surface area contributed by atoms with Gasteiger partial charge in [-0.3, -0.25) is 9.78 Å². The molecule has 0 aliphatic carbocycles. The zero-order valence-corrected chi connectivity index (χ0v) is 17.4. The number of carbonyl (C=O) groups is 1. The Morgan fingerprint density at radius 1 is 1.07 bits per heavy atom. The van der Waals surface area contributed by atoms with E-state index in [0.717, 1.165) is 32.6 Å². The van der Waals surface area contributed by atoms with Gasteiger partial charge in [-0.2, -0.15) is 0 Å². The quantitative estimate of drug-likeness (QED) is 0.387. The van der Waals surface area contributed by atoms with E-state index in [1.165, 1.54) is 6.07 Å². The number of nitrogens with zero attached hydrogens (tertiary/aromatic N) is 1. The first-order valence-corrected chi connectivity index (χ1v) is 10.0. The molecule has 4 nitrogen and oxygen atoms in total. The highest BCUT2D eigenvalue weighted by Gasteiger charge is 2.25. The minimum atomic E-state index is -0.219. The molecule has 0 atom stereocenters. The van der Waals surface area contributed by atoms with Crippen molar-refractivity contribution in [2.75, 3.05) is 0 Å². The molecular weight excluding hydrogens is 428 g/mol. The Morgan fingerprint density at radius 2 is 1.79 bits per heavy atom. The first-order chi connectivity index (χ1) is 14.0. The van der Waals surface area contributed by atoms with Crippen LogP contribution in [0.3, 0.4) is 0 Å². The van der Waals surface area contributed by atoms with E-state index in [-0.39, 0.29) is 17.1 Å². The summed E-state index contributed by atoms with van der Waals surface area (Å²) in [6, 6.07) is 18.8. The lowest BCUT2D eigenvalue weighted by atomic mass is 9.93. The average Bonchev–Trinajstić information content (AvgIpc) is 3.06. The van der Waals surface area contributed by atoms with E-state index in [2.05, 4.69) is 38.0 Å². The third-order valence-corrected chi connectivity index (χ3v) is 5.38. The smallest absolute Gasteiger partial charge is 0.199 e. The van der Waals surface area contributed by atoms with E-state index in [1.807, 2.05) is 37.3 Å². The standard InChI is InChI=1S/C24H19BrN2O2/c1-15-22(24(29)19-14-18(25)7-8-21(19)28)23(17-9-11-26-12-10-17)20(27-15)13-16-5-3-2-4-6-16/h2-12,14,27-28H,13H2,1H3. The Bertz CT molecular complexity index is 1170. The predicted octanol–water partition coefficient (Wildman–Crippen LogP) is 5.68. The van der Waals surface area contributed by atoms with Crippen molar-refractivity contribution >= 4 is 21.7 Å². The minimum Gasteiger partial charge on any atom is -0.507 e. The van der Waals surface area contributed by atoms with Crippen molar-refractivity contribution in [1.82, 2.24) is 9.97 Å². The number of phenolic OH excluding ortho intramolecular Hbond substituents is 1. The predicted molar refractivity (Wildman–Crippen MR) is 117 cm³/mol. The number of hydrogen-bond donors (Lipinski definition) is 2. The van der Waals surface area contributed by atoms with Gasteiger partial charge in [0.15, 0.2) is 5.78 Å². The molecule has 4 rings (SSSR count). The van der Waals surface area contributed by atoms with Crippen molar-refractivity contribution in [1.29, 1.82) is 0 Å². The summed E-state index contributed by atoms with van der Waals surface area (Å²) in [4.78, 5) is 21.0. The Balaban J connectivity index is 1.89. The van der Waals surface area contributed by atoms with Crippen LogP contribution in [0.4, 0.5) is 0 Å². The molecule has 2 heterocycles. The van der Waals surface area contributed by atoms with E-state index >= 15 is 0 Å². The minimum absolute atomic E-state index is 0.0379. The Hall–Kier alpha value is -3.18. The summed E-state index contributed by atoms with van der Waals surface area (Å²) in [6.45, 7) is 1.89. The molecule has 2 aromatic heterocycles. The van der Waals surface area contributed by atoms with E-state index in [0.29, 0.717) is 12.0 Å². The molecule has 0 aliphatic heterocycles. The molecule has 5 heteroatoms. The molecule has 4 aromatic rings. The summed E-state index contributed by atoms with van der Waals surface area (Å²) >= 11 is 3.39. The second kappa shape index (κ2) is 8.05. The number of halogens is 1. The molecular formula is C24H19BrN2O2. The third-order valence-electron chi connectivity index (χ3n) is 4.89. The second-order valence-electron chi connectivity index (χ2n) is 6.87. The number of H-pyrrole nitrogens is 1. The number of pyridine rings is 1. The highest BCUT2D eigenvalue weighted by Crippen LogP contribution is 2.35. The maximum Gasteiger partial charge on any atom is 0.199 e. The molecule has 0 fully saturated rings. The number of phenols is 1. The summed E-state index contributed by atoms with van der Waals surface area (Å²) in [6.07, 6.45) is 4.10. The number of aromatic hydroxyl groups is 1. The van der Waals surface area contributed by atoms with Gasteiger partial charge in [-0.1, -0.05) is 46.3 Å². The van der Waals surface area contributed by atoms with Crippen molar-refractivity contribution in [2.24, 2.45) is 0 Å². The highest BCUT2D eigenvalue weighted by atomic mass is 79.9. The van der Waals surface area contributed by atoms with Gasteiger partial charge in [-0.05, 0) is 48.4 Å². The zero-order chi connectivity index (χ0) is 20.4. The number of aryl methyl sites for hydroxylation is 1. The molecule has 144 valence electrons. The fourth-order valence-corrected chi connectivity index (χ4v) is 3.93. The first kappa shape index (κ1) is 19.2. The molecule has 2 aromatic carbocycles. The molecule has 29 heavy (non-hydrogen) atoms. The van der Waals surface area contributed by atoms with Gasteiger partial charge < -0.3 is 10.1 Å². The van der Waals surface area contributed by atoms with E-state index in [4.69, 9.17) is 0 Å². The number of aromatic amines is 1. The number of carbonyl (C=O) groups excluding carboxylic acids is 1. The largest absolute Gasteiger partial charge is 0.507 e. The topological polar surface area (TPSA) is 66.0 Å². The van der Waals surface area contributed by atoms with Crippen LogP contribution < -0.4 is 0 Å². The van der Waals surface area contributed by atoms with Crippen LogP contribution in [0, 0.1) is 6.92 Å². The summed E-state index contributed by atoms with van der Waals surface area (Å²) in [5, 5.41) is 10.3. The maximum atomic E-state index is 13.5. The fraction of sp³-hybridized carbons (Fsp3) is 0.0833. The van der Waals surface area contributed by atoms with E-state index in [9.17, 15) is 9.90 Å². The van der Waals surface area contributed by atoms with Gasteiger partial charge in [0.25, 0.3) is 0 Å². The average molecular weight is 447 g/mol. The number of aromatic nitrogens is 2. The molecule has 0 saturated heterocycles. The van der Waals surface area contributed by atoms with E-state index in [1.54, 1.807) is 24.5 Å². The lowest BCUT2D eigenvalue weighted by molar-refractivity contribution is 0.103. The van der Waals surface area contributed by atoms with Crippen molar-refractivity contribution in [3.05, 3.63) is 106 Å². The Labute approximate surface area is 177 Å². The van der Waals surface area contributed by atoms with Gasteiger partial charge in [0.1, 0.15) is 5.75 Å². The van der Waals surface area contributed by atoms with E-state index < -0.39 is 0 Å². The van der Waals surface area contributed by atoms with Crippen LogP contribution in [-0.4, -0.2) is 20.9 Å². The van der Waals surface area contributed by atoms with Crippen molar-refractivity contribution < 1.29 is 9.90 Å². The molecule has 0 spiro atoms. The molecule has 2 N–H and O–H groups in total. The van der Waals surface area contributed by atoms with Crippen molar-refractivity contribution in [3.63, 3.8) is 0 Å². The molecule has 0 unspecified atom stereocenters. The number of hydrogen-bond acceptors (Lipinski definition) is 3. The molecule has 0 amide bonds. The van der Waals surface area contributed by atoms with Gasteiger partial charge in [0.2, 0.25) is 0 Å². The van der Waals surface area contributed by atoms with Crippen LogP contribution in [0.2, 0.25) is 0 Å². The molecule has 0 saturated carbocycles. The third kappa shape index (κ3) is 3.87. The number of nitrogens with one attached hydrogen (secondary N) is 1. The van der Waals surface area contributed by atoms with Crippen LogP contribution in [-0.2, 0) is 6.42 Å². The van der Waals surface area contributed by atoms with Crippen LogP contribution in [0.25, 0.3) is 11.1 Å². The second-order valence-corrected chi connectivity index (χ2v) is 7.78. The highest BCUT2D eigenvalue weighted by molar-refractivity contribution is 9.10. The fourth-order valence-electron chi connectivity index (χ4n) is 3.57. The van der Waals surface area contributed by atoms with Crippen LogP contribution in [0.5, 0.6) is 5.75 Å². The Morgan fingerprint density at radius 3 is 2.52 bits per heavy atom. The zero-order valence-electron chi connectivity index (χ0n) is 15.8.